The van der Waals surface area contributed by atoms with Gasteiger partial charge in [-0.25, -0.2) is 21.6 Å². The first kappa shape index (κ1) is 27.5. The van der Waals surface area contributed by atoms with E-state index in [1.54, 1.807) is 12.1 Å². The van der Waals surface area contributed by atoms with E-state index in [4.69, 9.17) is 0 Å². The second kappa shape index (κ2) is 10.7. The molecule has 1 aliphatic rings. The summed E-state index contributed by atoms with van der Waals surface area (Å²) in [5.74, 6) is -0.786. The number of aliphatic hydroxyl groups excluding tert-OH is 1. The minimum Gasteiger partial charge on any atom is -0.506 e. The molecule has 0 spiro atoms. The number of benzene rings is 2. The van der Waals surface area contributed by atoms with Crippen LogP contribution in [0.3, 0.4) is 0 Å². The number of H-pyrrole nitrogens is 1. The third-order valence-electron chi connectivity index (χ3n) is 6.23. The van der Waals surface area contributed by atoms with Gasteiger partial charge in [-0.1, -0.05) is 6.07 Å². The third kappa shape index (κ3) is 6.30. The molecule has 13 nitrogen and oxygen atoms in total. The Morgan fingerprint density at radius 1 is 1.05 bits per heavy atom. The minimum atomic E-state index is -4.14. The van der Waals surface area contributed by atoms with Gasteiger partial charge in [-0.05, 0) is 54.8 Å². The molecule has 3 aromatic rings. The summed E-state index contributed by atoms with van der Waals surface area (Å²) in [5.41, 5.74) is 0.310. The largest absolute Gasteiger partial charge is 0.506 e. The SMILES string of the molecule is CS(=O)(=O)Nc1cc(C(O)CNC2CCN(c3ccc(S(=O)(=O)n4cc(O)[nH]c4=O)cc3)CC2)ccc1O. The fraction of sp³-hybridized carbons (Fsp3) is 0.348. The molecule has 15 heteroatoms. The monoisotopic (exact) mass is 567 g/mol. The molecule has 6 N–H and O–H groups in total. The first-order valence-corrected chi connectivity index (χ1v) is 15.0. The number of aromatic amines is 1. The molecule has 0 radical (unpaired) electrons. The highest BCUT2D eigenvalue weighted by molar-refractivity contribution is 7.92. The molecule has 0 aliphatic carbocycles. The molecule has 1 unspecified atom stereocenters. The van der Waals surface area contributed by atoms with Crippen molar-refractivity contribution in [3.63, 3.8) is 0 Å². The van der Waals surface area contributed by atoms with Gasteiger partial charge in [0.2, 0.25) is 15.9 Å². The normalized spacial score (nSPS) is 15.9. The maximum Gasteiger partial charge on any atom is 0.342 e. The lowest BCUT2D eigenvalue weighted by molar-refractivity contribution is 0.167. The van der Waals surface area contributed by atoms with Crippen molar-refractivity contribution in [2.45, 2.75) is 29.9 Å². The number of aromatic nitrogens is 2. The van der Waals surface area contributed by atoms with Gasteiger partial charge in [0.25, 0.3) is 10.0 Å². The van der Waals surface area contributed by atoms with Crippen molar-refractivity contribution in [2.75, 3.05) is 35.5 Å². The van der Waals surface area contributed by atoms with E-state index >= 15 is 0 Å². The standard InChI is InChI=1S/C23H29N5O8S2/c1-37(33,34)26-19-12-15(2-7-20(19)29)21(30)13-24-16-8-10-27(11-9-16)17-3-5-18(6-4-17)38(35,36)28-14-22(31)25-23(28)32/h2-7,12,14,16,21,24,26,29-31H,8-11,13H2,1H3,(H,25,32). The van der Waals surface area contributed by atoms with Crippen LogP contribution in [-0.4, -0.2) is 73.0 Å². The van der Waals surface area contributed by atoms with E-state index in [0.717, 1.165) is 31.0 Å². The summed E-state index contributed by atoms with van der Waals surface area (Å²) in [6, 6.07) is 10.5. The predicted octanol–water partition coefficient (Wildman–Crippen LogP) is 0.488. The van der Waals surface area contributed by atoms with Crippen LogP contribution in [0, 0.1) is 0 Å². The Hall–Kier alpha value is -3.53. The molecule has 1 fully saturated rings. The summed E-state index contributed by atoms with van der Waals surface area (Å²) in [6.45, 7) is 1.60. The zero-order chi connectivity index (χ0) is 27.7. The van der Waals surface area contributed by atoms with Crippen LogP contribution in [0.2, 0.25) is 0 Å². The van der Waals surface area contributed by atoms with E-state index in [1.165, 1.54) is 30.3 Å². The van der Waals surface area contributed by atoms with Gasteiger partial charge in [-0.2, -0.15) is 3.97 Å². The van der Waals surface area contributed by atoms with Gasteiger partial charge in [0, 0.05) is 31.4 Å². The van der Waals surface area contributed by atoms with E-state index < -0.39 is 37.7 Å². The first-order chi connectivity index (χ1) is 17.8. The molecule has 0 amide bonds. The molecule has 1 atom stereocenters. The number of piperidine rings is 1. The maximum atomic E-state index is 12.7. The summed E-state index contributed by atoms with van der Waals surface area (Å²) < 4.78 is 51.0. The Bertz CT molecular complexity index is 1560. The van der Waals surface area contributed by atoms with E-state index in [9.17, 15) is 36.9 Å². The fourth-order valence-corrected chi connectivity index (χ4v) is 6.04. The molecular weight excluding hydrogens is 538 g/mol. The molecule has 1 aromatic heterocycles. The number of aromatic hydroxyl groups is 2. The van der Waals surface area contributed by atoms with Crippen LogP contribution in [0.5, 0.6) is 11.6 Å². The quantitative estimate of drug-likeness (QED) is 0.198. The van der Waals surface area contributed by atoms with Crippen molar-refractivity contribution in [3.8, 4) is 11.6 Å². The van der Waals surface area contributed by atoms with Crippen molar-refractivity contribution < 1.29 is 32.2 Å². The van der Waals surface area contributed by atoms with Gasteiger partial charge in [0.15, 0.2) is 0 Å². The van der Waals surface area contributed by atoms with Gasteiger partial charge in [-0.15, -0.1) is 0 Å². The summed E-state index contributed by atoms with van der Waals surface area (Å²) in [6.07, 6.45) is 2.39. The topological polar surface area (TPSA) is 194 Å². The molecular formula is C23H29N5O8S2. The van der Waals surface area contributed by atoms with Gasteiger partial charge in [0.05, 0.1) is 29.1 Å². The van der Waals surface area contributed by atoms with Crippen molar-refractivity contribution >= 4 is 31.4 Å². The van der Waals surface area contributed by atoms with Crippen molar-refractivity contribution in [1.29, 1.82) is 0 Å². The van der Waals surface area contributed by atoms with Gasteiger partial charge >= 0.3 is 5.69 Å². The van der Waals surface area contributed by atoms with Crippen LogP contribution in [0.4, 0.5) is 11.4 Å². The highest BCUT2D eigenvalue weighted by Gasteiger charge is 2.23. The molecule has 2 heterocycles. The smallest absolute Gasteiger partial charge is 0.342 e. The van der Waals surface area contributed by atoms with Crippen molar-refractivity contribution in [1.82, 2.24) is 14.3 Å². The maximum absolute atomic E-state index is 12.7. The molecule has 2 aromatic carbocycles. The van der Waals surface area contributed by atoms with Crippen LogP contribution >= 0.6 is 0 Å². The molecule has 0 saturated carbocycles. The van der Waals surface area contributed by atoms with E-state index in [-0.39, 0.29) is 28.9 Å². The Labute approximate surface area is 219 Å². The Balaban J connectivity index is 1.31. The highest BCUT2D eigenvalue weighted by Crippen LogP contribution is 2.28. The molecule has 0 bridgehead atoms. The number of phenols is 1. The van der Waals surface area contributed by atoms with Gasteiger partial charge in [-0.3, -0.25) is 9.71 Å². The molecule has 1 aliphatic heterocycles. The predicted molar refractivity (Wildman–Crippen MR) is 141 cm³/mol. The van der Waals surface area contributed by atoms with Gasteiger partial charge < -0.3 is 25.5 Å². The highest BCUT2D eigenvalue weighted by atomic mass is 32.2. The lowest BCUT2D eigenvalue weighted by atomic mass is 10.0. The first-order valence-electron chi connectivity index (χ1n) is 11.7. The molecule has 206 valence electrons. The molecule has 1 saturated heterocycles. The second-order valence-electron chi connectivity index (χ2n) is 9.08. The van der Waals surface area contributed by atoms with Crippen LogP contribution in [-0.2, 0) is 20.0 Å². The number of phenolic OH excluding ortho intramolecular Hbond substituents is 1. The Morgan fingerprint density at radius 2 is 1.71 bits per heavy atom. The number of anilines is 2. The summed E-state index contributed by atoms with van der Waals surface area (Å²) >= 11 is 0. The summed E-state index contributed by atoms with van der Waals surface area (Å²) in [5, 5.41) is 33.1. The van der Waals surface area contributed by atoms with Crippen molar-refractivity contribution in [2.24, 2.45) is 0 Å². The van der Waals surface area contributed by atoms with Crippen molar-refractivity contribution in [3.05, 3.63) is 64.7 Å². The van der Waals surface area contributed by atoms with Crippen LogP contribution in [0.25, 0.3) is 0 Å². The zero-order valence-corrected chi connectivity index (χ0v) is 22.0. The van der Waals surface area contributed by atoms with Crippen LogP contribution in [0.15, 0.2) is 58.4 Å². The van der Waals surface area contributed by atoms with Gasteiger partial charge in [0.1, 0.15) is 5.75 Å². The number of hydrogen-bond acceptors (Lipinski definition) is 10. The van der Waals surface area contributed by atoms with Crippen LogP contribution < -0.4 is 20.6 Å². The Kier molecular flexibility index (Phi) is 7.73. The van der Waals surface area contributed by atoms with Crippen LogP contribution in [0.1, 0.15) is 24.5 Å². The Morgan fingerprint density at radius 3 is 2.29 bits per heavy atom. The van der Waals surface area contributed by atoms with E-state index in [0.29, 0.717) is 22.6 Å². The average Bonchev–Trinajstić information content (AvgIpc) is 3.22. The average molecular weight is 568 g/mol. The summed E-state index contributed by atoms with van der Waals surface area (Å²) in [7, 11) is -7.73. The number of rotatable bonds is 9. The summed E-state index contributed by atoms with van der Waals surface area (Å²) in [4.78, 5) is 15.8. The number of hydrogen-bond donors (Lipinski definition) is 6. The number of nitrogens with zero attached hydrogens (tertiary/aromatic N) is 2. The number of sulfonamides is 1. The molecule has 4 rings (SSSR count). The van der Waals surface area contributed by atoms with E-state index in [2.05, 4.69) is 14.9 Å². The zero-order valence-electron chi connectivity index (χ0n) is 20.4. The lowest BCUT2D eigenvalue weighted by Gasteiger charge is -2.34. The number of nitrogens with one attached hydrogen (secondary N) is 3. The number of imidazole rings is 1. The third-order valence-corrected chi connectivity index (χ3v) is 8.48. The minimum absolute atomic E-state index is 0.00511. The second-order valence-corrected chi connectivity index (χ2v) is 12.6. The molecule has 38 heavy (non-hydrogen) atoms. The van der Waals surface area contributed by atoms with E-state index in [1.807, 2.05) is 4.98 Å². The lowest BCUT2D eigenvalue weighted by Crippen LogP contribution is -2.43. The fourth-order valence-electron chi connectivity index (χ4n) is 4.27. The number of aliphatic hydroxyl groups is 1.